The molecule has 0 bridgehead atoms. The summed E-state index contributed by atoms with van der Waals surface area (Å²) in [5, 5.41) is 2.75. The second-order valence-electron chi connectivity index (χ2n) is 4.26. The first-order valence-electron chi connectivity index (χ1n) is 6.07. The Balaban J connectivity index is 2.13. The minimum absolute atomic E-state index is 0.223. The van der Waals surface area contributed by atoms with Gasteiger partial charge in [0.15, 0.2) is 0 Å². The van der Waals surface area contributed by atoms with E-state index in [2.05, 4.69) is 37.2 Å². The molecule has 0 saturated carbocycles. The molecule has 0 aliphatic rings. The fourth-order valence-corrected chi connectivity index (χ4v) is 2.57. The third-order valence-corrected chi connectivity index (χ3v) is 4.33. The van der Waals surface area contributed by atoms with Crippen LogP contribution in [0.2, 0.25) is 0 Å². The van der Waals surface area contributed by atoms with Gasteiger partial charge in [-0.1, -0.05) is 15.9 Å². The lowest BCUT2D eigenvalue weighted by Crippen LogP contribution is -2.23. The van der Waals surface area contributed by atoms with Gasteiger partial charge in [-0.25, -0.2) is 4.39 Å². The molecule has 2 aromatic carbocycles. The van der Waals surface area contributed by atoms with E-state index in [9.17, 15) is 9.18 Å². The van der Waals surface area contributed by atoms with Gasteiger partial charge in [0, 0.05) is 15.5 Å². The molecule has 0 aromatic heterocycles. The highest BCUT2D eigenvalue weighted by Gasteiger charge is 2.12. The van der Waals surface area contributed by atoms with Gasteiger partial charge in [0.05, 0.1) is 12.7 Å². The van der Waals surface area contributed by atoms with Crippen molar-refractivity contribution in [3.05, 3.63) is 62.3 Å². The van der Waals surface area contributed by atoms with Crippen LogP contribution in [0.4, 0.5) is 4.39 Å². The molecule has 1 amide bonds. The van der Waals surface area contributed by atoms with E-state index in [1.165, 1.54) is 19.2 Å². The van der Waals surface area contributed by atoms with E-state index >= 15 is 0 Å². The summed E-state index contributed by atoms with van der Waals surface area (Å²) in [4.78, 5) is 12.2. The molecule has 0 aliphatic carbocycles. The van der Waals surface area contributed by atoms with E-state index in [1.807, 2.05) is 0 Å². The molecular weight excluding hydrogens is 405 g/mol. The molecule has 0 aliphatic heterocycles. The fourth-order valence-electron chi connectivity index (χ4n) is 1.75. The molecule has 0 fully saturated rings. The second kappa shape index (κ2) is 7.04. The van der Waals surface area contributed by atoms with Gasteiger partial charge < -0.3 is 10.1 Å². The minimum atomic E-state index is -0.343. The van der Waals surface area contributed by atoms with Crippen molar-refractivity contribution in [2.24, 2.45) is 0 Å². The lowest BCUT2D eigenvalue weighted by molar-refractivity contribution is 0.0949. The van der Waals surface area contributed by atoms with Gasteiger partial charge in [0.25, 0.3) is 5.91 Å². The number of carbonyl (C=O) groups is 1. The quantitative estimate of drug-likeness (QED) is 0.807. The van der Waals surface area contributed by atoms with Crippen molar-refractivity contribution in [3.63, 3.8) is 0 Å². The van der Waals surface area contributed by atoms with Crippen LogP contribution in [-0.2, 0) is 6.54 Å². The van der Waals surface area contributed by atoms with Crippen LogP contribution in [0.3, 0.4) is 0 Å². The van der Waals surface area contributed by atoms with Crippen molar-refractivity contribution >= 4 is 37.8 Å². The van der Waals surface area contributed by atoms with Crippen LogP contribution in [0.1, 0.15) is 15.9 Å². The molecule has 21 heavy (non-hydrogen) atoms. The van der Waals surface area contributed by atoms with Crippen LogP contribution in [0, 0.1) is 5.82 Å². The average Bonchev–Trinajstić information content (AvgIpc) is 2.48. The number of nitrogens with one attached hydrogen (secondary N) is 1. The van der Waals surface area contributed by atoms with E-state index in [4.69, 9.17) is 4.74 Å². The zero-order valence-corrected chi connectivity index (χ0v) is 14.3. The number of rotatable bonds is 4. The van der Waals surface area contributed by atoms with E-state index in [0.717, 1.165) is 4.47 Å². The van der Waals surface area contributed by atoms with Crippen molar-refractivity contribution < 1.29 is 13.9 Å². The highest BCUT2D eigenvalue weighted by Crippen LogP contribution is 2.23. The average molecular weight is 417 g/mol. The van der Waals surface area contributed by atoms with Crippen LogP contribution >= 0.6 is 31.9 Å². The summed E-state index contributed by atoms with van der Waals surface area (Å²) in [7, 11) is 1.54. The third kappa shape index (κ3) is 4.04. The second-order valence-corrected chi connectivity index (χ2v) is 5.97. The zero-order chi connectivity index (χ0) is 15.4. The molecule has 0 radical (unpaired) electrons. The Labute approximate surface area is 138 Å². The monoisotopic (exact) mass is 415 g/mol. The first-order valence-corrected chi connectivity index (χ1v) is 7.65. The molecule has 6 heteroatoms. The van der Waals surface area contributed by atoms with Gasteiger partial charge in [0.1, 0.15) is 11.6 Å². The predicted molar refractivity (Wildman–Crippen MR) is 86.0 cm³/mol. The molecule has 0 saturated heterocycles. The van der Waals surface area contributed by atoms with Gasteiger partial charge in [-0.3, -0.25) is 4.79 Å². The van der Waals surface area contributed by atoms with Gasteiger partial charge in [-0.15, -0.1) is 0 Å². The molecule has 2 rings (SSSR count). The molecular formula is C15H12Br2FNO2. The first kappa shape index (κ1) is 16.0. The SMILES string of the molecule is COc1ccc(Br)c(C(=O)NCc2cc(F)ccc2Br)c1. The lowest BCUT2D eigenvalue weighted by Gasteiger charge is -2.10. The van der Waals surface area contributed by atoms with E-state index in [0.29, 0.717) is 21.3 Å². The van der Waals surface area contributed by atoms with Gasteiger partial charge >= 0.3 is 0 Å². The van der Waals surface area contributed by atoms with Crippen molar-refractivity contribution in [1.29, 1.82) is 0 Å². The summed E-state index contributed by atoms with van der Waals surface area (Å²) in [6.45, 7) is 0.223. The molecule has 0 atom stereocenters. The van der Waals surface area contributed by atoms with E-state index < -0.39 is 0 Å². The normalized spacial score (nSPS) is 10.3. The molecule has 3 nitrogen and oxygen atoms in total. The van der Waals surface area contributed by atoms with Crippen LogP contribution in [0.5, 0.6) is 5.75 Å². The van der Waals surface area contributed by atoms with Crippen LogP contribution in [-0.4, -0.2) is 13.0 Å². The Hall–Kier alpha value is -1.40. The molecule has 0 heterocycles. The van der Waals surface area contributed by atoms with Crippen molar-refractivity contribution in [2.45, 2.75) is 6.54 Å². The van der Waals surface area contributed by atoms with Crippen molar-refractivity contribution in [2.75, 3.05) is 7.11 Å². The maximum Gasteiger partial charge on any atom is 0.252 e. The topological polar surface area (TPSA) is 38.3 Å². The Morgan fingerprint density at radius 1 is 1.19 bits per heavy atom. The van der Waals surface area contributed by atoms with Gasteiger partial charge in [-0.05, 0) is 57.9 Å². The summed E-state index contributed by atoms with van der Waals surface area (Å²) in [6, 6.07) is 9.48. The predicted octanol–water partition coefficient (Wildman–Crippen LogP) is 4.29. The Morgan fingerprint density at radius 3 is 2.62 bits per heavy atom. The number of benzene rings is 2. The van der Waals surface area contributed by atoms with E-state index in [1.54, 1.807) is 24.3 Å². The summed E-state index contributed by atoms with van der Waals surface area (Å²) in [6.07, 6.45) is 0. The fraction of sp³-hybridized carbons (Fsp3) is 0.133. The van der Waals surface area contributed by atoms with Gasteiger partial charge in [0.2, 0.25) is 0 Å². The number of hydrogen-bond acceptors (Lipinski definition) is 2. The number of ether oxygens (including phenoxy) is 1. The first-order chi connectivity index (χ1) is 10.0. The third-order valence-electron chi connectivity index (χ3n) is 2.87. The molecule has 1 N–H and O–H groups in total. The smallest absolute Gasteiger partial charge is 0.252 e. The Kier molecular flexibility index (Phi) is 5.36. The number of methoxy groups -OCH3 is 1. The molecule has 0 unspecified atom stereocenters. The number of carbonyl (C=O) groups excluding carboxylic acids is 1. The standard InChI is InChI=1S/C15H12Br2FNO2/c1-21-11-3-5-14(17)12(7-11)15(20)19-8-9-6-10(18)2-4-13(9)16/h2-7H,8H2,1H3,(H,19,20). The minimum Gasteiger partial charge on any atom is -0.497 e. The summed E-state index contributed by atoms with van der Waals surface area (Å²) >= 11 is 6.65. The zero-order valence-electron chi connectivity index (χ0n) is 11.1. The molecule has 0 spiro atoms. The van der Waals surface area contributed by atoms with Crippen molar-refractivity contribution in [1.82, 2.24) is 5.32 Å². The maximum atomic E-state index is 13.2. The number of amides is 1. The summed E-state index contributed by atoms with van der Waals surface area (Å²) < 4.78 is 19.7. The Morgan fingerprint density at radius 2 is 1.90 bits per heavy atom. The highest BCUT2D eigenvalue weighted by atomic mass is 79.9. The lowest BCUT2D eigenvalue weighted by atomic mass is 10.2. The van der Waals surface area contributed by atoms with Crippen molar-refractivity contribution in [3.8, 4) is 5.75 Å². The summed E-state index contributed by atoms with van der Waals surface area (Å²) in [5.74, 6) is -0.0165. The molecule has 110 valence electrons. The van der Waals surface area contributed by atoms with Crippen LogP contribution < -0.4 is 10.1 Å². The van der Waals surface area contributed by atoms with Crippen LogP contribution in [0.25, 0.3) is 0 Å². The Bertz CT molecular complexity index is 677. The molecule has 2 aromatic rings. The van der Waals surface area contributed by atoms with E-state index in [-0.39, 0.29) is 18.3 Å². The largest absolute Gasteiger partial charge is 0.497 e. The summed E-state index contributed by atoms with van der Waals surface area (Å²) in [5.41, 5.74) is 1.13. The maximum absolute atomic E-state index is 13.2. The van der Waals surface area contributed by atoms with Crippen LogP contribution in [0.15, 0.2) is 45.3 Å². The number of hydrogen-bond donors (Lipinski definition) is 1. The number of halogens is 3. The van der Waals surface area contributed by atoms with Gasteiger partial charge in [-0.2, -0.15) is 0 Å². The highest BCUT2D eigenvalue weighted by molar-refractivity contribution is 9.10.